The van der Waals surface area contributed by atoms with E-state index >= 15 is 0 Å². The number of hydrogen-bond donors (Lipinski definition) is 3. The Hall–Kier alpha value is -7.02. The van der Waals surface area contributed by atoms with E-state index < -0.39 is 0 Å². The summed E-state index contributed by atoms with van der Waals surface area (Å²) in [5.41, 5.74) is 22.2. The molecule has 242 valence electrons. The third-order valence-electron chi connectivity index (χ3n) is 8.26. The van der Waals surface area contributed by atoms with Crippen LogP contribution in [0, 0.1) is 28.1 Å². The largest absolute Gasteiger partial charge is 0.404 e. The predicted octanol–water partition coefficient (Wildman–Crippen LogP) is 9.60. The van der Waals surface area contributed by atoms with Crippen LogP contribution in [0.15, 0.2) is 169 Å². The van der Waals surface area contributed by atoms with Gasteiger partial charge in [-0.15, -0.1) is 0 Å². The summed E-state index contributed by atoms with van der Waals surface area (Å²) in [6, 6.07) is 39.2. The van der Waals surface area contributed by atoms with Crippen LogP contribution < -0.4 is 11.5 Å². The van der Waals surface area contributed by atoms with Crippen molar-refractivity contribution in [3.8, 4) is 45.6 Å². The normalized spacial score (nSPS) is 12.5. The Morgan fingerprint density at radius 2 is 1.40 bits per heavy atom. The summed E-state index contributed by atoms with van der Waals surface area (Å²) in [6.45, 7) is 5.88. The predicted molar refractivity (Wildman–Crippen MR) is 206 cm³/mol. The van der Waals surface area contributed by atoms with Gasteiger partial charge in [-0.2, -0.15) is 10.5 Å². The lowest BCUT2D eigenvalue weighted by atomic mass is 9.81. The van der Waals surface area contributed by atoms with E-state index in [0.29, 0.717) is 23.3 Å². The lowest BCUT2D eigenvalue weighted by molar-refractivity contribution is 1.26. The number of nitriles is 2. The fraction of sp³-hybridized carbons (Fsp3) is 0.0455. The highest BCUT2D eigenvalue weighted by Crippen LogP contribution is 2.47. The molecule has 0 spiro atoms. The standard InChI is InChI=1S/C44H36N6/c1-30(24-32(26-45)27-46)39(49)21-12-11-19-37-36-18-9-10-20-38(36)44(41-23-13-22-40(50-41)31(2)25-33(28-47)29-48)43(35-16-7-4-8-17-35)42(37)34-14-5-3-6-15-34/h3-18,20-26,28,45H,1,19,47,49H2,2H3/b12-11-,31-25+,32-24+,33-28+,39-21-,45-26?. The molecule has 1 aromatic heterocycles. The molecule has 6 nitrogen and oxygen atoms in total. The number of fused-ring (bicyclic) bond motifs is 1. The highest BCUT2D eigenvalue weighted by Gasteiger charge is 2.23. The third-order valence-corrected chi connectivity index (χ3v) is 8.26. The number of aromatic nitrogens is 1. The average Bonchev–Trinajstić information content (AvgIpc) is 3.17. The molecular formula is C44H36N6. The Morgan fingerprint density at radius 3 is 2.02 bits per heavy atom. The van der Waals surface area contributed by atoms with Crippen molar-refractivity contribution in [3.05, 3.63) is 180 Å². The summed E-state index contributed by atoms with van der Waals surface area (Å²) < 4.78 is 0. The number of nitrogens with two attached hydrogens (primary N) is 2. The molecule has 5 N–H and O–H groups in total. The summed E-state index contributed by atoms with van der Waals surface area (Å²) >= 11 is 0. The van der Waals surface area contributed by atoms with Gasteiger partial charge in [0.05, 0.1) is 22.5 Å². The Kier molecular flexibility index (Phi) is 11.1. The van der Waals surface area contributed by atoms with Crippen LogP contribution in [0.4, 0.5) is 0 Å². The molecule has 0 unspecified atom stereocenters. The molecule has 6 heteroatoms. The van der Waals surface area contributed by atoms with E-state index in [0.717, 1.165) is 67.3 Å². The summed E-state index contributed by atoms with van der Waals surface area (Å²) in [6.07, 6.45) is 11.8. The second-order valence-electron chi connectivity index (χ2n) is 11.5. The number of nitrogens with one attached hydrogen (secondary N) is 1. The molecule has 0 aliphatic rings. The molecule has 0 amide bonds. The number of allylic oxidation sites excluding steroid dienone is 8. The highest BCUT2D eigenvalue weighted by molar-refractivity contribution is 6.11. The minimum atomic E-state index is 0.174. The molecule has 4 aromatic carbocycles. The molecule has 5 aromatic rings. The van der Waals surface area contributed by atoms with Gasteiger partial charge in [0.2, 0.25) is 0 Å². The Morgan fingerprint density at radius 1 is 0.780 bits per heavy atom. The molecule has 0 aliphatic carbocycles. The van der Waals surface area contributed by atoms with Crippen molar-refractivity contribution in [2.24, 2.45) is 11.5 Å². The van der Waals surface area contributed by atoms with Crippen molar-refractivity contribution in [3.63, 3.8) is 0 Å². The second kappa shape index (κ2) is 16.2. The van der Waals surface area contributed by atoms with Crippen LogP contribution in [-0.4, -0.2) is 11.2 Å². The molecule has 0 aliphatic heterocycles. The zero-order chi connectivity index (χ0) is 35.5. The van der Waals surface area contributed by atoms with Crippen molar-refractivity contribution in [1.29, 1.82) is 15.9 Å². The topological polar surface area (TPSA) is 136 Å². The molecule has 0 atom stereocenters. The lowest BCUT2D eigenvalue weighted by Crippen LogP contribution is -2.01. The molecule has 5 rings (SSSR count). The van der Waals surface area contributed by atoms with Gasteiger partial charge < -0.3 is 16.9 Å². The lowest BCUT2D eigenvalue weighted by Gasteiger charge is -2.23. The van der Waals surface area contributed by atoms with Crippen molar-refractivity contribution in [1.82, 2.24) is 4.98 Å². The van der Waals surface area contributed by atoms with Gasteiger partial charge in [0, 0.05) is 23.7 Å². The van der Waals surface area contributed by atoms with E-state index in [1.54, 1.807) is 12.2 Å². The Bertz CT molecular complexity index is 2310. The maximum absolute atomic E-state index is 9.48. The zero-order valence-electron chi connectivity index (χ0n) is 27.8. The quantitative estimate of drug-likeness (QED) is 0.0744. The zero-order valence-corrected chi connectivity index (χ0v) is 27.8. The van der Waals surface area contributed by atoms with E-state index in [4.69, 9.17) is 21.9 Å². The van der Waals surface area contributed by atoms with Gasteiger partial charge in [-0.05, 0) is 93.4 Å². The smallest absolute Gasteiger partial charge is 0.101 e. The molecule has 0 bridgehead atoms. The van der Waals surface area contributed by atoms with Crippen LogP contribution in [0.2, 0.25) is 0 Å². The number of rotatable bonds is 11. The first-order valence-corrected chi connectivity index (χ1v) is 16.0. The third kappa shape index (κ3) is 7.58. The van der Waals surface area contributed by atoms with Crippen molar-refractivity contribution in [2.75, 3.05) is 0 Å². The monoisotopic (exact) mass is 648 g/mol. The first-order valence-electron chi connectivity index (χ1n) is 16.0. The molecule has 50 heavy (non-hydrogen) atoms. The summed E-state index contributed by atoms with van der Waals surface area (Å²) in [5.74, 6) is 0. The van der Waals surface area contributed by atoms with Crippen LogP contribution >= 0.6 is 0 Å². The maximum atomic E-state index is 9.48. The van der Waals surface area contributed by atoms with Crippen LogP contribution in [0.5, 0.6) is 0 Å². The maximum Gasteiger partial charge on any atom is 0.101 e. The second-order valence-corrected chi connectivity index (χ2v) is 11.5. The Labute approximate surface area is 293 Å². The first-order chi connectivity index (χ1) is 24.4. The highest BCUT2D eigenvalue weighted by atomic mass is 14.7. The molecule has 0 saturated heterocycles. The van der Waals surface area contributed by atoms with Gasteiger partial charge >= 0.3 is 0 Å². The first kappa shape index (κ1) is 34.3. The van der Waals surface area contributed by atoms with E-state index in [1.165, 1.54) is 12.3 Å². The van der Waals surface area contributed by atoms with Crippen LogP contribution in [0.3, 0.4) is 0 Å². The summed E-state index contributed by atoms with van der Waals surface area (Å²) in [7, 11) is 0. The minimum absolute atomic E-state index is 0.174. The minimum Gasteiger partial charge on any atom is -0.404 e. The van der Waals surface area contributed by atoms with Gasteiger partial charge in [-0.1, -0.05) is 110 Å². The van der Waals surface area contributed by atoms with E-state index in [1.807, 2.05) is 61.5 Å². The van der Waals surface area contributed by atoms with Gasteiger partial charge in [0.15, 0.2) is 0 Å². The van der Waals surface area contributed by atoms with Gasteiger partial charge in [0.25, 0.3) is 0 Å². The molecular weight excluding hydrogens is 613 g/mol. The fourth-order valence-electron chi connectivity index (χ4n) is 5.86. The molecule has 1 heterocycles. The molecule has 0 radical (unpaired) electrons. The average molecular weight is 649 g/mol. The molecule has 0 saturated carbocycles. The van der Waals surface area contributed by atoms with Crippen LogP contribution in [-0.2, 0) is 6.42 Å². The van der Waals surface area contributed by atoms with Crippen molar-refractivity contribution in [2.45, 2.75) is 13.3 Å². The number of hydrogen-bond acceptors (Lipinski definition) is 6. The van der Waals surface area contributed by atoms with Crippen LogP contribution in [0.25, 0.3) is 49.9 Å². The van der Waals surface area contributed by atoms with E-state index in [9.17, 15) is 10.5 Å². The van der Waals surface area contributed by atoms with Gasteiger partial charge in [-0.25, -0.2) is 4.98 Å². The van der Waals surface area contributed by atoms with Crippen molar-refractivity contribution < 1.29 is 0 Å². The van der Waals surface area contributed by atoms with Crippen molar-refractivity contribution >= 4 is 22.6 Å². The van der Waals surface area contributed by atoms with Crippen LogP contribution in [0.1, 0.15) is 18.2 Å². The number of pyridine rings is 1. The van der Waals surface area contributed by atoms with E-state index in [-0.39, 0.29) is 5.57 Å². The van der Waals surface area contributed by atoms with Gasteiger partial charge in [-0.3, -0.25) is 0 Å². The van der Waals surface area contributed by atoms with E-state index in [2.05, 4.69) is 79.4 Å². The Balaban J connectivity index is 1.79. The number of nitrogens with zero attached hydrogens (tertiary/aromatic N) is 3. The summed E-state index contributed by atoms with van der Waals surface area (Å²) in [5, 5.41) is 28.2. The summed E-state index contributed by atoms with van der Waals surface area (Å²) in [4.78, 5) is 5.18. The SMILES string of the molecule is C=C(/C=C(/C#N)C=N)/C(N)=C/C=C\Cc1c(-c2ccccc2)c(-c2ccccc2)c(-c2cccc(/C(C)=C/C(C#N)=C\N)n2)c2ccccc12. The van der Waals surface area contributed by atoms with Gasteiger partial charge in [0.1, 0.15) is 12.1 Å². The molecule has 0 fully saturated rings. The number of benzene rings is 4. The fourth-order valence-corrected chi connectivity index (χ4v) is 5.86.